The first kappa shape index (κ1) is 14.6. The van der Waals surface area contributed by atoms with Crippen LogP contribution in [0.3, 0.4) is 0 Å². The Hall–Kier alpha value is -1.34. The molecule has 0 saturated carbocycles. The summed E-state index contributed by atoms with van der Waals surface area (Å²) in [6.45, 7) is 2.28. The van der Waals surface area contributed by atoms with Crippen LogP contribution in [-0.2, 0) is 6.42 Å². The third-order valence-electron chi connectivity index (χ3n) is 4.26. The molecule has 3 rings (SSSR count). The van der Waals surface area contributed by atoms with Gasteiger partial charge in [-0.15, -0.1) is 11.3 Å². The molecule has 0 amide bonds. The van der Waals surface area contributed by atoms with Gasteiger partial charge in [0.05, 0.1) is 0 Å². The summed E-state index contributed by atoms with van der Waals surface area (Å²) in [6, 6.07) is 15.8. The van der Waals surface area contributed by atoms with Gasteiger partial charge in [0, 0.05) is 20.2 Å². The minimum absolute atomic E-state index is 1.23. The number of rotatable bonds is 7. The van der Waals surface area contributed by atoms with Crippen LogP contribution in [0.2, 0.25) is 0 Å². The highest BCUT2D eigenvalue weighted by molar-refractivity contribution is 7.25. The molecule has 0 fully saturated rings. The average molecular weight is 296 g/mol. The Morgan fingerprint density at radius 2 is 1.52 bits per heavy atom. The number of benzene rings is 2. The zero-order chi connectivity index (χ0) is 14.5. The molecule has 0 radical (unpaired) electrons. The van der Waals surface area contributed by atoms with Crippen molar-refractivity contribution in [3.8, 4) is 0 Å². The first-order valence-electron chi connectivity index (χ1n) is 8.28. The summed E-state index contributed by atoms with van der Waals surface area (Å²) in [5, 5.41) is 2.86. The minimum atomic E-state index is 1.23. The van der Waals surface area contributed by atoms with Crippen LogP contribution in [-0.4, -0.2) is 0 Å². The molecule has 3 aromatic rings. The Morgan fingerprint density at radius 3 is 2.43 bits per heavy atom. The molecule has 0 aliphatic carbocycles. The lowest BCUT2D eigenvalue weighted by Gasteiger charge is -2.03. The molecule has 1 heterocycles. The minimum Gasteiger partial charge on any atom is -0.135 e. The van der Waals surface area contributed by atoms with Crippen LogP contribution in [0.5, 0.6) is 0 Å². The number of hydrogen-bond donors (Lipinski definition) is 0. The molecule has 2 aromatic carbocycles. The van der Waals surface area contributed by atoms with Gasteiger partial charge in [0.1, 0.15) is 0 Å². The Bertz CT molecular complexity index is 708. The smallest absolute Gasteiger partial charge is 0.0355 e. The second kappa shape index (κ2) is 7.09. The van der Waals surface area contributed by atoms with E-state index in [4.69, 9.17) is 0 Å². The molecule has 0 saturated heterocycles. The van der Waals surface area contributed by atoms with Gasteiger partial charge in [0.15, 0.2) is 0 Å². The zero-order valence-corrected chi connectivity index (χ0v) is 13.7. The lowest BCUT2D eigenvalue weighted by atomic mass is 10.0. The summed E-state index contributed by atoms with van der Waals surface area (Å²) < 4.78 is 2.83. The van der Waals surface area contributed by atoms with E-state index in [-0.39, 0.29) is 0 Å². The number of thiophene rings is 1. The Kier molecular flexibility index (Phi) is 4.92. The number of unbranched alkanes of at least 4 members (excludes halogenated alkanes) is 5. The molecule has 0 bridgehead atoms. The van der Waals surface area contributed by atoms with Crippen molar-refractivity contribution in [3.63, 3.8) is 0 Å². The van der Waals surface area contributed by atoms with Crippen LogP contribution in [0.25, 0.3) is 20.2 Å². The average Bonchev–Trinajstić information content (AvgIpc) is 2.89. The van der Waals surface area contributed by atoms with Gasteiger partial charge in [-0.05, 0) is 36.6 Å². The Labute approximate surface area is 131 Å². The van der Waals surface area contributed by atoms with E-state index >= 15 is 0 Å². The molecule has 0 aliphatic rings. The molecule has 0 unspecified atom stereocenters. The SMILES string of the molecule is CCCCCCCCc1ccc2sc3ccccc3c2c1. The monoisotopic (exact) mass is 296 g/mol. The van der Waals surface area contributed by atoms with Gasteiger partial charge in [-0.25, -0.2) is 0 Å². The fraction of sp³-hybridized carbons (Fsp3) is 0.400. The Balaban J connectivity index is 1.68. The maximum Gasteiger partial charge on any atom is 0.0355 e. The van der Waals surface area contributed by atoms with Crippen molar-refractivity contribution < 1.29 is 0 Å². The summed E-state index contributed by atoms with van der Waals surface area (Å²) in [5.74, 6) is 0. The van der Waals surface area contributed by atoms with Crippen LogP contribution in [0, 0.1) is 0 Å². The number of aryl methyl sites for hydroxylation is 1. The number of fused-ring (bicyclic) bond motifs is 3. The van der Waals surface area contributed by atoms with E-state index in [1.54, 1.807) is 0 Å². The molecule has 0 spiro atoms. The third-order valence-corrected chi connectivity index (χ3v) is 5.41. The Morgan fingerprint density at radius 1 is 0.762 bits per heavy atom. The summed E-state index contributed by atoms with van der Waals surface area (Å²) in [5.41, 5.74) is 1.50. The lowest BCUT2D eigenvalue weighted by molar-refractivity contribution is 0.607. The van der Waals surface area contributed by atoms with E-state index in [9.17, 15) is 0 Å². The summed E-state index contributed by atoms with van der Waals surface area (Å²) in [4.78, 5) is 0. The van der Waals surface area contributed by atoms with Crippen molar-refractivity contribution in [1.29, 1.82) is 0 Å². The first-order chi connectivity index (χ1) is 10.4. The molecule has 0 atom stereocenters. The van der Waals surface area contributed by atoms with Crippen molar-refractivity contribution in [3.05, 3.63) is 48.0 Å². The maximum absolute atomic E-state index is 2.42. The molecule has 0 nitrogen and oxygen atoms in total. The zero-order valence-electron chi connectivity index (χ0n) is 12.9. The van der Waals surface area contributed by atoms with Crippen molar-refractivity contribution in [2.75, 3.05) is 0 Å². The van der Waals surface area contributed by atoms with Crippen LogP contribution >= 0.6 is 11.3 Å². The molecule has 21 heavy (non-hydrogen) atoms. The van der Waals surface area contributed by atoms with Gasteiger partial charge in [-0.1, -0.05) is 63.3 Å². The van der Waals surface area contributed by atoms with Crippen molar-refractivity contribution in [1.82, 2.24) is 0 Å². The predicted octanol–water partition coefficient (Wildman–Crippen LogP) is 6.96. The van der Waals surface area contributed by atoms with Gasteiger partial charge in [0.2, 0.25) is 0 Å². The van der Waals surface area contributed by atoms with Crippen LogP contribution in [0.15, 0.2) is 42.5 Å². The summed E-state index contributed by atoms with van der Waals surface area (Å²) in [7, 11) is 0. The van der Waals surface area contributed by atoms with Gasteiger partial charge in [0.25, 0.3) is 0 Å². The van der Waals surface area contributed by atoms with E-state index < -0.39 is 0 Å². The first-order valence-corrected chi connectivity index (χ1v) is 9.10. The van der Waals surface area contributed by atoms with Crippen molar-refractivity contribution in [2.45, 2.75) is 51.9 Å². The van der Waals surface area contributed by atoms with Crippen molar-refractivity contribution in [2.24, 2.45) is 0 Å². The van der Waals surface area contributed by atoms with Gasteiger partial charge in [-0.2, -0.15) is 0 Å². The lowest BCUT2D eigenvalue weighted by Crippen LogP contribution is -1.86. The third kappa shape index (κ3) is 3.47. The fourth-order valence-corrected chi connectivity index (χ4v) is 4.12. The van der Waals surface area contributed by atoms with Crippen LogP contribution < -0.4 is 0 Å². The standard InChI is InChI=1S/C20H24S/c1-2-3-4-5-6-7-10-16-13-14-20-18(15-16)17-11-8-9-12-19(17)21-20/h8-9,11-15H,2-7,10H2,1H3. The molecule has 1 heteroatoms. The van der Waals surface area contributed by atoms with Crippen LogP contribution in [0.4, 0.5) is 0 Å². The van der Waals surface area contributed by atoms with Gasteiger partial charge < -0.3 is 0 Å². The predicted molar refractivity (Wildman–Crippen MR) is 96.4 cm³/mol. The molecule has 1 aromatic heterocycles. The van der Waals surface area contributed by atoms with E-state index in [2.05, 4.69) is 49.4 Å². The summed E-state index contributed by atoms with van der Waals surface area (Å²) in [6.07, 6.45) is 9.48. The second-order valence-electron chi connectivity index (χ2n) is 5.95. The van der Waals surface area contributed by atoms with E-state index in [0.29, 0.717) is 0 Å². The summed E-state index contributed by atoms with van der Waals surface area (Å²) >= 11 is 1.91. The van der Waals surface area contributed by atoms with Gasteiger partial charge >= 0.3 is 0 Å². The van der Waals surface area contributed by atoms with E-state index in [0.717, 1.165) is 0 Å². The quantitative estimate of drug-likeness (QED) is 0.413. The molecular weight excluding hydrogens is 272 g/mol. The van der Waals surface area contributed by atoms with Crippen LogP contribution in [0.1, 0.15) is 51.0 Å². The molecule has 0 aliphatic heterocycles. The maximum atomic E-state index is 2.42. The van der Waals surface area contributed by atoms with Gasteiger partial charge in [-0.3, -0.25) is 0 Å². The largest absolute Gasteiger partial charge is 0.135 e. The fourth-order valence-electron chi connectivity index (χ4n) is 3.04. The normalized spacial score (nSPS) is 11.5. The molecule has 110 valence electrons. The van der Waals surface area contributed by atoms with E-state index in [1.165, 1.54) is 70.7 Å². The highest BCUT2D eigenvalue weighted by Crippen LogP contribution is 2.34. The molecule has 0 N–H and O–H groups in total. The van der Waals surface area contributed by atoms with Crippen molar-refractivity contribution >= 4 is 31.5 Å². The van der Waals surface area contributed by atoms with E-state index in [1.807, 2.05) is 11.3 Å². The number of hydrogen-bond acceptors (Lipinski definition) is 1. The highest BCUT2D eigenvalue weighted by atomic mass is 32.1. The second-order valence-corrected chi connectivity index (χ2v) is 7.03. The molecular formula is C20H24S. The highest BCUT2D eigenvalue weighted by Gasteiger charge is 2.05. The topological polar surface area (TPSA) is 0 Å².